The first-order valence-corrected chi connectivity index (χ1v) is 21.7. The van der Waals surface area contributed by atoms with E-state index in [2.05, 4.69) is 240 Å². The number of hydrogen-bond donors (Lipinski definition) is 0. The summed E-state index contributed by atoms with van der Waals surface area (Å²) in [7, 11) is -2.74. The molecule has 3 heteroatoms. The van der Waals surface area contributed by atoms with Gasteiger partial charge >= 0.3 is 0 Å². The Bertz CT molecular complexity index is 3070. The van der Waals surface area contributed by atoms with Gasteiger partial charge in [-0.3, -0.25) is 0 Å². The summed E-state index contributed by atoms with van der Waals surface area (Å²) in [5.41, 5.74) is 9.54. The number of hydrogen-bond acceptors (Lipinski definition) is 0. The monoisotopic (exact) mass is 742 g/mol. The highest BCUT2D eigenvalue weighted by molar-refractivity contribution is 7.19. The van der Waals surface area contributed by atoms with Crippen LogP contribution in [-0.2, 0) is 0 Å². The van der Waals surface area contributed by atoms with Gasteiger partial charge in [-0.1, -0.05) is 182 Å². The molecule has 0 aliphatic heterocycles. The lowest BCUT2D eigenvalue weighted by Gasteiger charge is -2.34. The van der Waals surface area contributed by atoms with Gasteiger partial charge in [0.05, 0.1) is 22.1 Å². The molecule has 9 aromatic carbocycles. The summed E-state index contributed by atoms with van der Waals surface area (Å²) in [6.07, 6.45) is 0. The fraction of sp³-hybridized carbons (Fsp3) is 0. The van der Waals surface area contributed by atoms with Crippen LogP contribution >= 0.6 is 0 Å². The first kappa shape index (κ1) is 33.2. The van der Waals surface area contributed by atoms with Crippen molar-refractivity contribution in [2.75, 3.05) is 0 Å². The maximum Gasteiger partial charge on any atom is 0.179 e. The van der Waals surface area contributed by atoms with E-state index in [1.54, 1.807) is 0 Å². The number of nitrogens with zero attached hydrogens (tertiary/aromatic N) is 2. The summed E-state index contributed by atoms with van der Waals surface area (Å²) in [6.45, 7) is 0. The SMILES string of the molecule is c1ccc(-n2c3ccc(-n4c5ccccc5c5ccccc54)cc3c3c(-c4cccc([Si](c5ccccc5)(c5ccccc5)c5ccccc5)c4)cccc32)cc1. The Kier molecular flexibility index (Phi) is 7.87. The Morgan fingerprint density at radius 1 is 0.281 bits per heavy atom. The maximum absolute atomic E-state index is 2.74. The van der Waals surface area contributed by atoms with Crippen LogP contribution in [0.15, 0.2) is 231 Å². The summed E-state index contributed by atoms with van der Waals surface area (Å²) in [4.78, 5) is 0. The lowest BCUT2D eigenvalue weighted by Crippen LogP contribution is -2.74. The van der Waals surface area contributed by atoms with Gasteiger partial charge in [0, 0.05) is 32.9 Å². The van der Waals surface area contributed by atoms with Crippen LogP contribution in [0.3, 0.4) is 0 Å². The zero-order chi connectivity index (χ0) is 37.8. The van der Waals surface area contributed by atoms with E-state index < -0.39 is 8.07 Å². The van der Waals surface area contributed by atoms with Gasteiger partial charge in [0.15, 0.2) is 8.07 Å². The lowest BCUT2D eigenvalue weighted by molar-refractivity contribution is 1.17. The van der Waals surface area contributed by atoms with E-state index in [1.807, 2.05) is 0 Å². The Morgan fingerprint density at radius 3 is 1.33 bits per heavy atom. The highest BCUT2D eigenvalue weighted by Gasteiger charge is 2.41. The zero-order valence-electron chi connectivity index (χ0n) is 31.3. The molecule has 0 aliphatic carbocycles. The fourth-order valence-corrected chi connectivity index (χ4v) is 14.3. The molecular formula is C54H38N2Si. The van der Waals surface area contributed by atoms with Crippen molar-refractivity contribution in [1.82, 2.24) is 9.13 Å². The lowest BCUT2D eigenvalue weighted by atomic mass is 9.99. The Labute approximate surface area is 333 Å². The third-order valence-electron chi connectivity index (χ3n) is 11.9. The molecule has 0 atom stereocenters. The van der Waals surface area contributed by atoms with Gasteiger partial charge in [-0.2, -0.15) is 0 Å². The van der Waals surface area contributed by atoms with Crippen molar-refractivity contribution in [2.45, 2.75) is 0 Å². The average molecular weight is 743 g/mol. The highest BCUT2D eigenvalue weighted by Crippen LogP contribution is 2.40. The predicted molar refractivity (Wildman–Crippen MR) is 244 cm³/mol. The number of para-hydroxylation sites is 3. The zero-order valence-corrected chi connectivity index (χ0v) is 32.3. The number of fused-ring (bicyclic) bond motifs is 6. The molecule has 2 nitrogen and oxygen atoms in total. The van der Waals surface area contributed by atoms with Crippen molar-refractivity contribution in [1.29, 1.82) is 0 Å². The van der Waals surface area contributed by atoms with E-state index in [4.69, 9.17) is 0 Å². The van der Waals surface area contributed by atoms with Crippen molar-refractivity contribution < 1.29 is 0 Å². The van der Waals surface area contributed by atoms with E-state index in [0.717, 1.165) is 11.4 Å². The molecule has 0 unspecified atom stereocenters. The van der Waals surface area contributed by atoms with E-state index in [1.165, 1.54) is 75.5 Å². The molecule has 2 heterocycles. The number of aromatic nitrogens is 2. The minimum absolute atomic E-state index is 1.15. The second-order valence-corrected chi connectivity index (χ2v) is 18.7. The molecule has 0 saturated heterocycles. The average Bonchev–Trinajstić information content (AvgIpc) is 3.81. The molecule has 0 bridgehead atoms. The largest absolute Gasteiger partial charge is 0.309 e. The molecule has 268 valence electrons. The van der Waals surface area contributed by atoms with Gasteiger partial charge in [-0.25, -0.2) is 0 Å². The molecule has 0 N–H and O–H groups in total. The first-order valence-electron chi connectivity index (χ1n) is 19.7. The van der Waals surface area contributed by atoms with Crippen molar-refractivity contribution in [3.8, 4) is 22.5 Å². The van der Waals surface area contributed by atoms with Gasteiger partial charge in [0.2, 0.25) is 0 Å². The third kappa shape index (κ3) is 5.17. The van der Waals surface area contributed by atoms with Crippen LogP contribution in [0, 0.1) is 0 Å². The molecular weight excluding hydrogens is 705 g/mol. The topological polar surface area (TPSA) is 9.86 Å². The summed E-state index contributed by atoms with van der Waals surface area (Å²) in [5.74, 6) is 0. The van der Waals surface area contributed by atoms with E-state index in [0.29, 0.717) is 0 Å². The van der Waals surface area contributed by atoms with Crippen LogP contribution in [-0.4, -0.2) is 17.2 Å². The van der Waals surface area contributed by atoms with Gasteiger partial charge in [-0.15, -0.1) is 0 Å². The normalized spacial score (nSPS) is 11.9. The highest BCUT2D eigenvalue weighted by atomic mass is 28.3. The molecule has 0 spiro atoms. The quantitative estimate of drug-likeness (QED) is 0.114. The Morgan fingerprint density at radius 2 is 0.737 bits per heavy atom. The standard InChI is InChI=1S/C54H38N2Si/c1-5-20-40(21-6-1)55-52-36-35-41(56-50-32-15-13-29-47(50)48-30-14-16-33-51(48)56)38-49(52)54-46(31-18-34-53(54)55)39-19-17-28-45(37-39)57(42-22-7-2-8-23-42,43-24-9-3-10-25-43)44-26-11-4-12-27-44/h1-38H. The molecule has 0 fully saturated rings. The molecule has 0 aliphatic rings. The molecule has 2 aromatic heterocycles. The molecule has 11 rings (SSSR count). The maximum atomic E-state index is 2.50. The van der Waals surface area contributed by atoms with Gasteiger partial charge in [0.1, 0.15) is 0 Å². The smallest absolute Gasteiger partial charge is 0.179 e. The van der Waals surface area contributed by atoms with Crippen LogP contribution in [0.25, 0.3) is 66.1 Å². The van der Waals surface area contributed by atoms with E-state index >= 15 is 0 Å². The van der Waals surface area contributed by atoms with E-state index in [9.17, 15) is 0 Å². The minimum atomic E-state index is -2.74. The number of rotatable bonds is 7. The van der Waals surface area contributed by atoms with Crippen molar-refractivity contribution in [3.05, 3.63) is 231 Å². The minimum Gasteiger partial charge on any atom is -0.309 e. The first-order chi connectivity index (χ1) is 28.3. The number of benzene rings is 9. The fourth-order valence-electron chi connectivity index (χ4n) is 9.48. The van der Waals surface area contributed by atoms with Crippen molar-refractivity contribution >= 4 is 72.4 Å². The summed E-state index contributed by atoms with van der Waals surface area (Å²) >= 11 is 0. The van der Waals surface area contributed by atoms with Crippen molar-refractivity contribution in [2.24, 2.45) is 0 Å². The summed E-state index contributed by atoms with van der Waals surface area (Å²) < 4.78 is 4.86. The predicted octanol–water partition coefficient (Wildman–Crippen LogP) is 10.9. The van der Waals surface area contributed by atoms with Crippen LogP contribution in [0.5, 0.6) is 0 Å². The van der Waals surface area contributed by atoms with Crippen LogP contribution in [0.1, 0.15) is 0 Å². The van der Waals surface area contributed by atoms with Crippen LogP contribution < -0.4 is 20.7 Å². The Hall–Kier alpha value is -7.20. The van der Waals surface area contributed by atoms with Gasteiger partial charge < -0.3 is 9.13 Å². The Balaban J connectivity index is 1.21. The van der Waals surface area contributed by atoms with Crippen molar-refractivity contribution in [3.63, 3.8) is 0 Å². The van der Waals surface area contributed by atoms with E-state index in [-0.39, 0.29) is 0 Å². The molecule has 0 saturated carbocycles. The van der Waals surface area contributed by atoms with Gasteiger partial charge in [0.25, 0.3) is 0 Å². The summed E-state index contributed by atoms with van der Waals surface area (Å²) in [5, 5.41) is 10.5. The van der Waals surface area contributed by atoms with Crippen LogP contribution in [0.4, 0.5) is 0 Å². The molecule has 0 radical (unpaired) electrons. The summed E-state index contributed by atoms with van der Waals surface area (Å²) in [6, 6.07) is 85.2. The molecule has 11 aromatic rings. The van der Waals surface area contributed by atoms with Gasteiger partial charge in [-0.05, 0) is 80.4 Å². The molecule has 0 amide bonds. The second kappa shape index (κ2) is 13.5. The second-order valence-electron chi connectivity index (χ2n) is 14.9. The third-order valence-corrected chi connectivity index (χ3v) is 16.6. The van der Waals surface area contributed by atoms with Crippen LogP contribution in [0.2, 0.25) is 0 Å². The molecule has 57 heavy (non-hydrogen) atoms.